The second kappa shape index (κ2) is 7.97. The second-order valence-electron chi connectivity index (χ2n) is 5.14. The monoisotopic (exact) mass is 297 g/mol. The van der Waals surface area contributed by atoms with E-state index >= 15 is 0 Å². The van der Waals surface area contributed by atoms with Gasteiger partial charge >= 0.3 is 5.97 Å². The normalized spacial score (nSPS) is 15.3. The van der Waals surface area contributed by atoms with Crippen molar-refractivity contribution in [2.75, 3.05) is 13.7 Å². The van der Waals surface area contributed by atoms with Crippen molar-refractivity contribution in [3.05, 3.63) is 29.3 Å². The molecule has 0 aliphatic heterocycles. The van der Waals surface area contributed by atoms with E-state index in [9.17, 15) is 15.0 Å². The van der Waals surface area contributed by atoms with Crippen LogP contribution in [0, 0.1) is 6.92 Å². The van der Waals surface area contributed by atoms with Crippen LogP contribution in [0.15, 0.2) is 18.2 Å². The Hall–Kier alpha value is -1.63. The summed E-state index contributed by atoms with van der Waals surface area (Å²) in [5, 5.41) is 31.5. The summed E-state index contributed by atoms with van der Waals surface area (Å²) in [4.78, 5) is 10.9. The van der Waals surface area contributed by atoms with E-state index in [1.165, 1.54) is 0 Å². The van der Waals surface area contributed by atoms with E-state index in [4.69, 9.17) is 9.84 Å². The van der Waals surface area contributed by atoms with Gasteiger partial charge in [0.1, 0.15) is 5.75 Å². The summed E-state index contributed by atoms with van der Waals surface area (Å²) < 4.78 is 5.16. The van der Waals surface area contributed by atoms with Gasteiger partial charge in [0.25, 0.3) is 0 Å². The Morgan fingerprint density at radius 3 is 2.52 bits per heavy atom. The van der Waals surface area contributed by atoms with E-state index in [2.05, 4.69) is 5.32 Å². The number of carboxylic acids is 1. The molecule has 0 saturated heterocycles. The predicted octanol–water partition coefficient (Wildman–Crippen LogP) is 0.851. The molecule has 0 heterocycles. The number of aliphatic carboxylic acids is 1. The molecule has 0 saturated carbocycles. The van der Waals surface area contributed by atoms with Gasteiger partial charge in [-0.25, -0.2) is 0 Å². The van der Waals surface area contributed by atoms with Crippen LogP contribution in [-0.2, 0) is 4.79 Å². The number of nitrogens with one attached hydrogen (secondary N) is 1. The van der Waals surface area contributed by atoms with Crippen LogP contribution in [0.5, 0.6) is 5.75 Å². The first-order valence-electron chi connectivity index (χ1n) is 6.81. The summed E-state index contributed by atoms with van der Waals surface area (Å²) in [6, 6.07) is 4.53. The maximum atomic E-state index is 10.9. The summed E-state index contributed by atoms with van der Waals surface area (Å²) >= 11 is 0. The maximum absolute atomic E-state index is 10.9. The number of hydrogen-bond donors (Lipinski definition) is 4. The van der Waals surface area contributed by atoms with Gasteiger partial charge in [0.05, 0.1) is 25.7 Å². The van der Waals surface area contributed by atoms with Crippen molar-refractivity contribution >= 4 is 5.97 Å². The summed E-state index contributed by atoms with van der Waals surface area (Å²) in [5.41, 5.74) is 1.47. The van der Waals surface area contributed by atoms with Crippen LogP contribution in [0.3, 0.4) is 0 Å². The molecule has 0 aliphatic carbocycles. The van der Waals surface area contributed by atoms with Crippen LogP contribution >= 0.6 is 0 Å². The fraction of sp³-hybridized carbons (Fsp3) is 0.533. The van der Waals surface area contributed by atoms with Crippen LogP contribution in [-0.4, -0.2) is 47.1 Å². The smallest absolute Gasteiger partial charge is 0.305 e. The lowest BCUT2D eigenvalue weighted by Gasteiger charge is -2.24. The molecule has 3 unspecified atom stereocenters. The van der Waals surface area contributed by atoms with Crippen molar-refractivity contribution in [3.8, 4) is 5.75 Å². The third kappa shape index (κ3) is 5.34. The van der Waals surface area contributed by atoms with Gasteiger partial charge in [0.2, 0.25) is 0 Å². The summed E-state index contributed by atoms with van der Waals surface area (Å²) in [6.07, 6.45) is -1.84. The van der Waals surface area contributed by atoms with Crippen molar-refractivity contribution in [2.45, 2.75) is 38.5 Å². The zero-order valence-electron chi connectivity index (χ0n) is 12.5. The Morgan fingerprint density at radius 1 is 1.38 bits per heavy atom. The summed E-state index contributed by atoms with van der Waals surface area (Å²) in [6.45, 7) is 3.66. The molecule has 0 bridgehead atoms. The summed E-state index contributed by atoms with van der Waals surface area (Å²) in [7, 11) is 1.57. The Morgan fingerprint density at radius 2 is 2.05 bits per heavy atom. The molecule has 0 amide bonds. The Kier molecular flexibility index (Phi) is 6.61. The highest BCUT2D eigenvalue weighted by Crippen LogP contribution is 2.25. The number of aliphatic hydroxyl groups excluding tert-OH is 2. The Bertz CT molecular complexity index is 475. The zero-order valence-corrected chi connectivity index (χ0v) is 12.5. The molecule has 0 spiro atoms. The molecule has 1 aromatic carbocycles. The number of hydrogen-bond acceptors (Lipinski definition) is 5. The average molecular weight is 297 g/mol. The van der Waals surface area contributed by atoms with Crippen molar-refractivity contribution < 1.29 is 24.9 Å². The largest absolute Gasteiger partial charge is 0.496 e. The minimum absolute atomic E-state index is 0.212. The number of benzene rings is 1. The molecule has 1 rings (SSSR count). The molecule has 3 atom stereocenters. The first kappa shape index (κ1) is 17.4. The highest BCUT2D eigenvalue weighted by molar-refractivity contribution is 5.67. The van der Waals surface area contributed by atoms with E-state index in [0.717, 1.165) is 5.56 Å². The number of methoxy groups -OCH3 is 1. The van der Waals surface area contributed by atoms with Crippen LogP contribution in [0.25, 0.3) is 0 Å². The second-order valence-corrected chi connectivity index (χ2v) is 5.14. The van der Waals surface area contributed by atoms with Crippen LogP contribution < -0.4 is 10.1 Å². The molecule has 6 heteroatoms. The van der Waals surface area contributed by atoms with Crippen molar-refractivity contribution in [1.82, 2.24) is 5.32 Å². The summed E-state index contributed by atoms with van der Waals surface area (Å²) in [5.74, 6) is -0.306. The first-order valence-corrected chi connectivity index (χ1v) is 6.81. The fourth-order valence-corrected chi connectivity index (χ4v) is 2.12. The molecule has 1 aromatic rings. The van der Waals surface area contributed by atoms with Gasteiger partial charge < -0.3 is 25.4 Å². The lowest BCUT2D eigenvalue weighted by atomic mass is 9.97. The highest BCUT2D eigenvalue weighted by Gasteiger charge is 2.24. The Labute approximate surface area is 124 Å². The molecule has 0 aliphatic rings. The molecule has 118 valence electrons. The van der Waals surface area contributed by atoms with Gasteiger partial charge in [0, 0.05) is 12.6 Å². The standard InChI is InChI=1S/C15H23NO5/c1-9-6-11(4-5-13(9)21-3)15(20)12(7-14(18)19)16-8-10(2)17/h4-6,10,12,15-17,20H,7-8H2,1-3H3,(H,18,19). The zero-order chi connectivity index (χ0) is 16.0. The third-order valence-electron chi connectivity index (χ3n) is 3.21. The lowest BCUT2D eigenvalue weighted by Crippen LogP contribution is -2.40. The molecule has 0 aromatic heterocycles. The van der Waals surface area contributed by atoms with Gasteiger partial charge in [-0.1, -0.05) is 6.07 Å². The average Bonchev–Trinajstić information content (AvgIpc) is 2.42. The van der Waals surface area contributed by atoms with Gasteiger partial charge in [-0.3, -0.25) is 4.79 Å². The van der Waals surface area contributed by atoms with Gasteiger partial charge in [0.15, 0.2) is 0 Å². The van der Waals surface area contributed by atoms with E-state index in [1.807, 2.05) is 6.92 Å². The lowest BCUT2D eigenvalue weighted by molar-refractivity contribution is -0.138. The SMILES string of the molecule is COc1ccc(C(O)C(CC(=O)O)NCC(C)O)cc1C. The van der Waals surface area contributed by atoms with Gasteiger partial charge in [-0.15, -0.1) is 0 Å². The molecular weight excluding hydrogens is 274 g/mol. The van der Waals surface area contributed by atoms with Gasteiger partial charge in [-0.2, -0.15) is 0 Å². The number of carboxylic acid groups (broad SMARTS) is 1. The number of carbonyl (C=O) groups is 1. The van der Waals surface area contributed by atoms with E-state index in [-0.39, 0.29) is 13.0 Å². The van der Waals surface area contributed by atoms with Crippen LogP contribution in [0.4, 0.5) is 0 Å². The molecule has 4 N–H and O–H groups in total. The number of ether oxygens (including phenoxy) is 1. The Balaban J connectivity index is 2.89. The highest BCUT2D eigenvalue weighted by atomic mass is 16.5. The molecule has 0 fully saturated rings. The first-order chi connectivity index (χ1) is 9.85. The van der Waals surface area contributed by atoms with Crippen molar-refractivity contribution in [3.63, 3.8) is 0 Å². The van der Waals surface area contributed by atoms with Crippen LogP contribution in [0.1, 0.15) is 30.6 Å². The topological polar surface area (TPSA) is 99.0 Å². The van der Waals surface area contributed by atoms with Gasteiger partial charge in [-0.05, 0) is 37.1 Å². The van der Waals surface area contributed by atoms with Crippen molar-refractivity contribution in [2.24, 2.45) is 0 Å². The van der Waals surface area contributed by atoms with E-state index in [1.54, 1.807) is 32.2 Å². The van der Waals surface area contributed by atoms with Crippen LogP contribution in [0.2, 0.25) is 0 Å². The molecular formula is C15H23NO5. The third-order valence-corrected chi connectivity index (χ3v) is 3.21. The number of aryl methyl sites for hydroxylation is 1. The van der Waals surface area contributed by atoms with E-state index in [0.29, 0.717) is 11.3 Å². The molecule has 0 radical (unpaired) electrons. The fourth-order valence-electron chi connectivity index (χ4n) is 2.12. The number of aliphatic hydroxyl groups is 2. The van der Waals surface area contributed by atoms with Crippen molar-refractivity contribution in [1.29, 1.82) is 0 Å². The quantitative estimate of drug-likeness (QED) is 0.568. The predicted molar refractivity (Wildman–Crippen MR) is 78.4 cm³/mol. The minimum atomic E-state index is -1.01. The number of rotatable bonds is 8. The maximum Gasteiger partial charge on any atom is 0.305 e. The minimum Gasteiger partial charge on any atom is -0.496 e. The molecule has 6 nitrogen and oxygen atoms in total. The molecule has 21 heavy (non-hydrogen) atoms. The van der Waals surface area contributed by atoms with E-state index < -0.39 is 24.2 Å².